The summed E-state index contributed by atoms with van der Waals surface area (Å²) in [6.45, 7) is 4.46. The van der Waals surface area contributed by atoms with Crippen LogP contribution in [0.5, 0.6) is 0 Å². The van der Waals surface area contributed by atoms with Gasteiger partial charge >= 0.3 is 5.97 Å². The third-order valence-corrected chi connectivity index (χ3v) is 5.25. The number of carboxylic acids is 1. The zero-order valence-electron chi connectivity index (χ0n) is 14.5. The van der Waals surface area contributed by atoms with Gasteiger partial charge in [-0.2, -0.15) is 0 Å². The van der Waals surface area contributed by atoms with Crippen molar-refractivity contribution in [2.45, 2.75) is 51.2 Å². The molecule has 2 saturated heterocycles. The molecule has 0 aromatic heterocycles. The van der Waals surface area contributed by atoms with Crippen LogP contribution >= 0.6 is 11.8 Å². The Hall–Kier alpha value is -1.77. The van der Waals surface area contributed by atoms with E-state index in [4.69, 9.17) is 5.11 Å². The van der Waals surface area contributed by atoms with E-state index in [0.29, 0.717) is 31.7 Å². The van der Waals surface area contributed by atoms with E-state index < -0.39 is 18.1 Å². The average Bonchev–Trinajstić information content (AvgIpc) is 2.51. The van der Waals surface area contributed by atoms with Crippen LogP contribution in [-0.2, 0) is 19.2 Å². The van der Waals surface area contributed by atoms with Gasteiger partial charge in [-0.1, -0.05) is 13.8 Å². The topological polar surface area (TPSA) is 116 Å². The highest BCUT2D eigenvalue weighted by Gasteiger charge is 2.43. The van der Waals surface area contributed by atoms with Crippen molar-refractivity contribution in [3.05, 3.63) is 0 Å². The van der Waals surface area contributed by atoms with Gasteiger partial charge in [0.1, 0.15) is 12.1 Å². The summed E-state index contributed by atoms with van der Waals surface area (Å²) in [6, 6.07) is -1.18. The van der Waals surface area contributed by atoms with Gasteiger partial charge in [0.2, 0.25) is 17.7 Å². The van der Waals surface area contributed by atoms with Crippen molar-refractivity contribution in [3.8, 4) is 0 Å². The van der Waals surface area contributed by atoms with Gasteiger partial charge in [-0.3, -0.25) is 19.2 Å². The van der Waals surface area contributed by atoms with Gasteiger partial charge in [0.15, 0.2) is 0 Å². The summed E-state index contributed by atoms with van der Waals surface area (Å²) in [5, 5.41) is 14.2. The zero-order valence-corrected chi connectivity index (χ0v) is 15.3. The largest absolute Gasteiger partial charge is 0.481 e. The Kier molecular flexibility index (Phi) is 6.69. The highest BCUT2D eigenvalue weighted by molar-refractivity contribution is 8.00. The third kappa shape index (κ3) is 5.35. The number of carbonyl (C=O) groups is 4. The predicted octanol–water partition coefficient (Wildman–Crippen LogP) is -0.175. The number of piperazine rings is 1. The number of aliphatic carboxylic acids is 1. The van der Waals surface area contributed by atoms with Crippen molar-refractivity contribution in [1.29, 1.82) is 0 Å². The molecule has 0 aromatic carbocycles. The van der Waals surface area contributed by atoms with Crippen LogP contribution in [0, 0.1) is 5.92 Å². The summed E-state index contributed by atoms with van der Waals surface area (Å²) in [6.07, 6.45) is 1.61. The summed E-state index contributed by atoms with van der Waals surface area (Å²) >= 11 is 1.03. The first-order chi connectivity index (χ1) is 11.8. The summed E-state index contributed by atoms with van der Waals surface area (Å²) in [7, 11) is 0. The molecule has 0 radical (unpaired) electrons. The first-order valence-corrected chi connectivity index (χ1v) is 9.63. The molecule has 2 aliphatic heterocycles. The number of hydrogen-bond acceptors (Lipinski definition) is 5. The number of piperidine rings is 1. The molecule has 140 valence electrons. The molecule has 8 nitrogen and oxygen atoms in total. The van der Waals surface area contributed by atoms with E-state index in [2.05, 4.69) is 10.6 Å². The maximum atomic E-state index is 12.5. The first kappa shape index (κ1) is 19.6. The van der Waals surface area contributed by atoms with Gasteiger partial charge in [0.05, 0.1) is 11.5 Å². The second-order valence-electron chi connectivity index (χ2n) is 6.91. The average molecular weight is 371 g/mol. The fourth-order valence-corrected chi connectivity index (χ4v) is 3.82. The Morgan fingerprint density at radius 2 is 2.08 bits per heavy atom. The Labute approximate surface area is 151 Å². The van der Waals surface area contributed by atoms with Crippen molar-refractivity contribution in [2.75, 3.05) is 18.1 Å². The minimum atomic E-state index is -0.959. The molecule has 0 saturated carbocycles. The normalized spacial score (nSPS) is 26.2. The van der Waals surface area contributed by atoms with Crippen molar-refractivity contribution >= 4 is 35.5 Å². The van der Waals surface area contributed by atoms with Gasteiger partial charge < -0.3 is 20.6 Å². The minimum Gasteiger partial charge on any atom is -0.481 e. The molecule has 25 heavy (non-hydrogen) atoms. The molecule has 0 spiro atoms. The molecular weight excluding hydrogens is 346 g/mol. The molecule has 0 aliphatic carbocycles. The molecule has 2 heterocycles. The van der Waals surface area contributed by atoms with Crippen molar-refractivity contribution in [1.82, 2.24) is 15.5 Å². The zero-order chi connectivity index (χ0) is 18.6. The molecule has 2 rings (SSSR count). The van der Waals surface area contributed by atoms with Crippen LogP contribution < -0.4 is 10.6 Å². The van der Waals surface area contributed by atoms with Crippen molar-refractivity contribution < 1.29 is 24.3 Å². The van der Waals surface area contributed by atoms with E-state index in [9.17, 15) is 19.2 Å². The van der Waals surface area contributed by atoms with Gasteiger partial charge in [-0.05, 0) is 25.2 Å². The summed E-state index contributed by atoms with van der Waals surface area (Å²) in [5.41, 5.74) is 0. The molecule has 9 heteroatoms. The molecular formula is C16H25N3O5S. The van der Waals surface area contributed by atoms with Crippen molar-refractivity contribution in [3.63, 3.8) is 0 Å². The van der Waals surface area contributed by atoms with E-state index in [1.807, 2.05) is 13.8 Å². The SMILES string of the molecule is CC(C)C[C@H]1NC(=O)[C@@H]2C[C@@H](NC(=O)CSCC(=O)O)CCN2C1=O. The second kappa shape index (κ2) is 8.55. The molecule has 0 bridgehead atoms. The number of nitrogens with one attached hydrogen (secondary N) is 2. The van der Waals surface area contributed by atoms with Crippen LogP contribution in [0.15, 0.2) is 0 Å². The van der Waals surface area contributed by atoms with Crippen molar-refractivity contribution in [2.24, 2.45) is 5.92 Å². The van der Waals surface area contributed by atoms with Crippen LogP contribution in [-0.4, -0.2) is 69.9 Å². The minimum absolute atomic E-state index is 0.0416. The molecule has 2 fully saturated rings. The lowest BCUT2D eigenvalue weighted by Gasteiger charge is -2.44. The van der Waals surface area contributed by atoms with Crippen LogP contribution in [0.2, 0.25) is 0 Å². The number of thioether (sulfide) groups is 1. The van der Waals surface area contributed by atoms with Gasteiger partial charge in [0.25, 0.3) is 0 Å². The molecule has 0 aromatic rings. The van der Waals surface area contributed by atoms with Gasteiger partial charge in [-0.15, -0.1) is 11.8 Å². The molecule has 3 atom stereocenters. The Balaban J connectivity index is 1.87. The van der Waals surface area contributed by atoms with E-state index in [-0.39, 0.29) is 35.3 Å². The van der Waals surface area contributed by atoms with Crippen LogP contribution in [0.25, 0.3) is 0 Å². The van der Waals surface area contributed by atoms with E-state index in [1.54, 1.807) is 4.90 Å². The lowest BCUT2D eigenvalue weighted by molar-refractivity contribution is -0.152. The highest BCUT2D eigenvalue weighted by Crippen LogP contribution is 2.24. The lowest BCUT2D eigenvalue weighted by Crippen LogP contribution is -2.67. The third-order valence-electron chi connectivity index (χ3n) is 4.33. The quantitative estimate of drug-likeness (QED) is 0.572. The van der Waals surface area contributed by atoms with Crippen LogP contribution in [0.4, 0.5) is 0 Å². The first-order valence-electron chi connectivity index (χ1n) is 8.47. The Bertz CT molecular complexity index is 554. The van der Waals surface area contributed by atoms with Crippen LogP contribution in [0.1, 0.15) is 33.1 Å². The van der Waals surface area contributed by atoms with Gasteiger partial charge in [0, 0.05) is 12.6 Å². The molecule has 2 aliphatic rings. The summed E-state index contributed by atoms with van der Waals surface area (Å²) in [5.74, 6) is -1.15. The van der Waals surface area contributed by atoms with E-state index in [0.717, 1.165) is 11.8 Å². The Morgan fingerprint density at radius 1 is 1.36 bits per heavy atom. The number of carboxylic acid groups (broad SMARTS) is 1. The number of rotatable bonds is 7. The van der Waals surface area contributed by atoms with Gasteiger partial charge in [-0.25, -0.2) is 0 Å². The number of nitrogens with zero attached hydrogens (tertiary/aromatic N) is 1. The number of fused-ring (bicyclic) bond motifs is 1. The highest BCUT2D eigenvalue weighted by atomic mass is 32.2. The fraction of sp³-hybridized carbons (Fsp3) is 0.750. The monoisotopic (exact) mass is 371 g/mol. The number of carbonyl (C=O) groups excluding carboxylic acids is 3. The smallest absolute Gasteiger partial charge is 0.313 e. The fourth-order valence-electron chi connectivity index (χ4n) is 3.27. The maximum Gasteiger partial charge on any atom is 0.313 e. The molecule has 0 unspecified atom stereocenters. The molecule has 3 N–H and O–H groups in total. The summed E-state index contributed by atoms with van der Waals surface area (Å²) in [4.78, 5) is 48.8. The number of amides is 3. The molecule has 3 amide bonds. The Morgan fingerprint density at radius 3 is 2.72 bits per heavy atom. The van der Waals surface area contributed by atoms with E-state index >= 15 is 0 Å². The summed E-state index contributed by atoms with van der Waals surface area (Å²) < 4.78 is 0. The second-order valence-corrected chi connectivity index (χ2v) is 7.90. The van der Waals surface area contributed by atoms with Crippen LogP contribution in [0.3, 0.4) is 0 Å². The maximum absolute atomic E-state index is 12.5. The standard InChI is InChI=1S/C16H25N3O5S/c1-9(2)5-11-16(24)19-4-3-10(6-12(19)15(23)18-11)17-13(20)7-25-8-14(21)22/h9-12H,3-8H2,1-2H3,(H,17,20)(H,18,23)(H,21,22)/t10-,11+,12-/m0/s1. The number of hydrogen-bond donors (Lipinski definition) is 3. The van der Waals surface area contributed by atoms with E-state index in [1.165, 1.54) is 0 Å². The predicted molar refractivity (Wildman–Crippen MR) is 93.0 cm³/mol. The lowest BCUT2D eigenvalue weighted by atomic mass is 9.91.